The lowest BCUT2D eigenvalue weighted by Gasteiger charge is -2.06. The first-order valence-corrected chi connectivity index (χ1v) is 5.86. The standard InChI is InChI=1S/C14H14N2O3/c17-9-7-10-3-5-11(6-4-10)16-14(19)13-12(18)2-1-8-15-13/h1-6,8,17-18H,7,9H2,(H,16,19). The van der Waals surface area contributed by atoms with E-state index < -0.39 is 5.91 Å². The van der Waals surface area contributed by atoms with Crippen LogP contribution in [0.5, 0.6) is 5.75 Å². The van der Waals surface area contributed by atoms with Crippen molar-refractivity contribution in [2.24, 2.45) is 0 Å². The molecule has 0 fully saturated rings. The number of nitrogens with zero attached hydrogens (tertiary/aromatic N) is 1. The Labute approximate surface area is 110 Å². The van der Waals surface area contributed by atoms with Crippen molar-refractivity contribution < 1.29 is 15.0 Å². The molecule has 98 valence electrons. The molecule has 1 aromatic carbocycles. The first-order valence-electron chi connectivity index (χ1n) is 5.86. The van der Waals surface area contributed by atoms with Gasteiger partial charge in [0.25, 0.3) is 5.91 Å². The van der Waals surface area contributed by atoms with E-state index in [1.165, 1.54) is 12.3 Å². The molecule has 2 rings (SSSR count). The smallest absolute Gasteiger partial charge is 0.278 e. The molecule has 19 heavy (non-hydrogen) atoms. The van der Waals surface area contributed by atoms with Gasteiger partial charge in [0, 0.05) is 18.5 Å². The van der Waals surface area contributed by atoms with E-state index in [0.717, 1.165) is 5.56 Å². The predicted octanol–water partition coefficient (Wildman–Crippen LogP) is 1.57. The fourth-order valence-corrected chi connectivity index (χ4v) is 1.65. The summed E-state index contributed by atoms with van der Waals surface area (Å²) in [5, 5.41) is 21.0. The van der Waals surface area contributed by atoms with Crippen LogP contribution in [0.25, 0.3) is 0 Å². The topological polar surface area (TPSA) is 82.5 Å². The Balaban J connectivity index is 2.09. The van der Waals surface area contributed by atoms with Crippen LogP contribution in [0.2, 0.25) is 0 Å². The first-order chi connectivity index (χ1) is 9.20. The minimum absolute atomic E-state index is 0.0121. The molecule has 0 aliphatic heterocycles. The van der Waals surface area contributed by atoms with Gasteiger partial charge in [-0.3, -0.25) is 4.79 Å². The molecule has 0 bridgehead atoms. The number of aliphatic hydroxyl groups excluding tert-OH is 1. The van der Waals surface area contributed by atoms with E-state index in [1.807, 2.05) is 12.1 Å². The molecule has 1 heterocycles. The number of aromatic nitrogens is 1. The lowest BCUT2D eigenvalue weighted by molar-refractivity contribution is 0.101. The number of pyridine rings is 1. The Morgan fingerprint density at radius 3 is 2.58 bits per heavy atom. The van der Waals surface area contributed by atoms with Crippen molar-refractivity contribution in [3.8, 4) is 5.75 Å². The normalized spacial score (nSPS) is 10.2. The molecule has 3 N–H and O–H groups in total. The van der Waals surface area contributed by atoms with Gasteiger partial charge < -0.3 is 15.5 Å². The third-order valence-electron chi connectivity index (χ3n) is 2.61. The highest BCUT2D eigenvalue weighted by Gasteiger charge is 2.11. The van der Waals surface area contributed by atoms with Crippen molar-refractivity contribution in [3.63, 3.8) is 0 Å². The highest BCUT2D eigenvalue weighted by Crippen LogP contribution is 2.16. The van der Waals surface area contributed by atoms with Crippen molar-refractivity contribution in [1.82, 2.24) is 4.98 Å². The number of amides is 1. The summed E-state index contributed by atoms with van der Waals surface area (Å²) >= 11 is 0. The van der Waals surface area contributed by atoms with Gasteiger partial charge in [-0.25, -0.2) is 4.98 Å². The number of benzene rings is 1. The lowest BCUT2D eigenvalue weighted by Crippen LogP contribution is -2.13. The molecule has 0 saturated heterocycles. The molecule has 0 atom stereocenters. The Hall–Kier alpha value is -2.40. The molecule has 5 heteroatoms. The van der Waals surface area contributed by atoms with Gasteiger partial charge in [0.2, 0.25) is 0 Å². The Morgan fingerprint density at radius 2 is 1.95 bits per heavy atom. The molecule has 5 nitrogen and oxygen atoms in total. The van der Waals surface area contributed by atoms with E-state index in [9.17, 15) is 9.90 Å². The van der Waals surface area contributed by atoms with Gasteiger partial charge in [0.05, 0.1) is 0 Å². The van der Waals surface area contributed by atoms with Gasteiger partial charge in [0.1, 0.15) is 5.75 Å². The van der Waals surface area contributed by atoms with Crippen LogP contribution in [-0.2, 0) is 6.42 Å². The van der Waals surface area contributed by atoms with E-state index >= 15 is 0 Å². The number of hydrogen-bond donors (Lipinski definition) is 3. The Morgan fingerprint density at radius 1 is 1.21 bits per heavy atom. The summed E-state index contributed by atoms with van der Waals surface area (Å²) in [6.45, 7) is 0.0908. The molecule has 2 aromatic rings. The second-order valence-electron chi connectivity index (χ2n) is 4.00. The third kappa shape index (κ3) is 3.29. The van der Waals surface area contributed by atoms with Crippen molar-refractivity contribution in [1.29, 1.82) is 0 Å². The van der Waals surface area contributed by atoms with Crippen LogP contribution in [0.1, 0.15) is 16.1 Å². The van der Waals surface area contributed by atoms with Crippen LogP contribution < -0.4 is 5.32 Å². The number of carbonyl (C=O) groups is 1. The maximum absolute atomic E-state index is 11.9. The van der Waals surface area contributed by atoms with Crippen LogP contribution in [0, 0.1) is 0 Å². The van der Waals surface area contributed by atoms with Crippen molar-refractivity contribution in [2.75, 3.05) is 11.9 Å². The van der Waals surface area contributed by atoms with Crippen LogP contribution in [-0.4, -0.2) is 27.7 Å². The highest BCUT2D eigenvalue weighted by molar-refractivity contribution is 6.04. The summed E-state index contributed by atoms with van der Waals surface area (Å²) in [7, 11) is 0. The summed E-state index contributed by atoms with van der Waals surface area (Å²) in [6, 6.07) is 10.1. The van der Waals surface area contributed by atoms with Gasteiger partial charge in [-0.05, 0) is 36.2 Å². The van der Waals surface area contributed by atoms with Gasteiger partial charge in [-0.2, -0.15) is 0 Å². The molecule has 1 amide bonds. The molecule has 0 spiro atoms. The van der Waals surface area contributed by atoms with Gasteiger partial charge in [-0.1, -0.05) is 12.1 Å². The summed E-state index contributed by atoms with van der Waals surface area (Å²) in [6.07, 6.45) is 2.02. The predicted molar refractivity (Wildman–Crippen MR) is 71.1 cm³/mol. The number of nitrogens with one attached hydrogen (secondary N) is 1. The lowest BCUT2D eigenvalue weighted by atomic mass is 10.1. The largest absolute Gasteiger partial charge is 0.505 e. The minimum Gasteiger partial charge on any atom is -0.505 e. The first kappa shape index (κ1) is 13.0. The number of aromatic hydroxyl groups is 1. The van der Waals surface area contributed by atoms with Crippen LogP contribution >= 0.6 is 0 Å². The third-order valence-corrected chi connectivity index (χ3v) is 2.61. The summed E-state index contributed by atoms with van der Waals surface area (Å²) < 4.78 is 0. The number of carbonyl (C=O) groups excluding carboxylic acids is 1. The number of aliphatic hydroxyl groups is 1. The van der Waals surface area contributed by atoms with Crippen molar-refractivity contribution in [3.05, 3.63) is 53.9 Å². The minimum atomic E-state index is -0.465. The zero-order valence-electron chi connectivity index (χ0n) is 10.2. The van der Waals surface area contributed by atoms with Crippen molar-refractivity contribution >= 4 is 11.6 Å². The Kier molecular flexibility index (Phi) is 4.10. The number of anilines is 1. The fraction of sp³-hybridized carbons (Fsp3) is 0.143. The van der Waals surface area contributed by atoms with Crippen molar-refractivity contribution in [2.45, 2.75) is 6.42 Å². The zero-order valence-corrected chi connectivity index (χ0v) is 10.2. The highest BCUT2D eigenvalue weighted by atomic mass is 16.3. The van der Waals surface area contributed by atoms with Gasteiger partial charge >= 0.3 is 0 Å². The molecule has 1 aromatic heterocycles. The van der Waals surface area contributed by atoms with E-state index in [-0.39, 0.29) is 18.1 Å². The average Bonchev–Trinajstić information content (AvgIpc) is 2.42. The maximum Gasteiger partial charge on any atom is 0.278 e. The Bertz CT molecular complexity index is 567. The molecule has 0 aliphatic carbocycles. The van der Waals surface area contributed by atoms with Crippen LogP contribution in [0.3, 0.4) is 0 Å². The summed E-state index contributed by atoms with van der Waals surface area (Å²) in [5.41, 5.74) is 1.58. The van der Waals surface area contributed by atoms with E-state index in [4.69, 9.17) is 5.11 Å². The molecule has 0 saturated carbocycles. The van der Waals surface area contributed by atoms with Crippen LogP contribution in [0.4, 0.5) is 5.69 Å². The molecular formula is C14H14N2O3. The van der Waals surface area contributed by atoms with E-state index in [0.29, 0.717) is 12.1 Å². The van der Waals surface area contributed by atoms with Gasteiger partial charge in [0.15, 0.2) is 5.69 Å². The number of rotatable bonds is 4. The second-order valence-corrected chi connectivity index (χ2v) is 4.00. The number of hydrogen-bond acceptors (Lipinski definition) is 4. The molecule has 0 aliphatic rings. The van der Waals surface area contributed by atoms with Crippen LogP contribution in [0.15, 0.2) is 42.6 Å². The summed E-state index contributed by atoms with van der Waals surface area (Å²) in [5.74, 6) is -0.620. The van der Waals surface area contributed by atoms with Gasteiger partial charge in [-0.15, -0.1) is 0 Å². The molecular weight excluding hydrogens is 244 g/mol. The molecule has 0 radical (unpaired) electrons. The van der Waals surface area contributed by atoms with E-state index in [1.54, 1.807) is 18.2 Å². The average molecular weight is 258 g/mol. The molecule has 0 unspecified atom stereocenters. The fourth-order valence-electron chi connectivity index (χ4n) is 1.65. The SMILES string of the molecule is O=C(Nc1ccc(CCO)cc1)c1ncccc1O. The quantitative estimate of drug-likeness (QED) is 0.777. The summed E-state index contributed by atoms with van der Waals surface area (Å²) in [4.78, 5) is 15.7. The monoisotopic (exact) mass is 258 g/mol. The maximum atomic E-state index is 11.9. The second kappa shape index (κ2) is 5.97. The zero-order chi connectivity index (χ0) is 13.7. The van der Waals surface area contributed by atoms with E-state index in [2.05, 4.69) is 10.3 Å².